The Morgan fingerprint density at radius 1 is 1.60 bits per heavy atom. The summed E-state index contributed by atoms with van der Waals surface area (Å²) in [5, 5.41) is 14.4. The molecule has 5 heteroatoms. The van der Waals surface area contributed by atoms with Gasteiger partial charge in [0.2, 0.25) is 0 Å². The highest BCUT2D eigenvalue weighted by Crippen LogP contribution is 2.17. The normalized spacial score (nSPS) is 14.0. The minimum atomic E-state index is -2.75. The van der Waals surface area contributed by atoms with Crippen LogP contribution in [-0.4, -0.2) is 21.7 Å². The summed E-state index contributed by atoms with van der Waals surface area (Å²) in [6.45, 7) is 0. The predicted octanol–water partition coefficient (Wildman–Crippen LogP) is 0.708. The van der Waals surface area contributed by atoms with E-state index >= 15 is 0 Å². The second kappa shape index (κ2) is 2.74. The van der Waals surface area contributed by atoms with Gasteiger partial charge in [-0.15, -0.1) is 0 Å². The molecule has 0 saturated carbocycles. The van der Waals surface area contributed by atoms with Crippen molar-refractivity contribution in [3.8, 4) is 0 Å². The van der Waals surface area contributed by atoms with Crippen molar-refractivity contribution >= 4 is 0 Å². The molecule has 56 valence electrons. The molecule has 0 bridgehead atoms. The van der Waals surface area contributed by atoms with E-state index in [0.29, 0.717) is 0 Å². The van der Waals surface area contributed by atoms with Gasteiger partial charge < -0.3 is 5.11 Å². The molecule has 0 aliphatic rings. The van der Waals surface area contributed by atoms with Gasteiger partial charge in [-0.05, 0) is 0 Å². The second-order valence-electron chi connectivity index (χ2n) is 1.81. The van der Waals surface area contributed by atoms with Crippen molar-refractivity contribution in [1.82, 2.24) is 10.2 Å². The number of hydrogen-bond donors (Lipinski definition) is 2. The maximum atomic E-state index is 11.7. The zero-order chi connectivity index (χ0) is 7.56. The van der Waals surface area contributed by atoms with Crippen LogP contribution in [0.1, 0.15) is 11.7 Å². The molecule has 0 fully saturated rings. The van der Waals surface area contributed by atoms with E-state index < -0.39 is 12.5 Å². The number of alkyl halides is 2. The molecule has 2 N–H and O–H groups in total. The summed E-state index contributed by atoms with van der Waals surface area (Å²) < 4.78 is 23.4. The molecule has 10 heavy (non-hydrogen) atoms. The van der Waals surface area contributed by atoms with E-state index in [1.165, 1.54) is 6.20 Å². The minimum Gasteiger partial charge on any atom is -0.382 e. The first kappa shape index (κ1) is 7.14. The molecule has 0 aliphatic heterocycles. The Morgan fingerprint density at radius 3 is 2.70 bits per heavy atom. The van der Waals surface area contributed by atoms with Gasteiger partial charge in [0, 0.05) is 11.8 Å². The van der Waals surface area contributed by atoms with Gasteiger partial charge >= 0.3 is 0 Å². The Labute approximate surface area is 55.7 Å². The molecule has 0 saturated heterocycles. The SMILES string of the molecule is OC(c1cn[nH]c1)C(F)F. The van der Waals surface area contributed by atoms with Crippen LogP contribution >= 0.6 is 0 Å². The summed E-state index contributed by atoms with van der Waals surface area (Å²) >= 11 is 0. The highest BCUT2D eigenvalue weighted by molar-refractivity contribution is 5.06. The summed E-state index contributed by atoms with van der Waals surface area (Å²) in [5.41, 5.74) is 0.106. The van der Waals surface area contributed by atoms with Crippen molar-refractivity contribution in [3.05, 3.63) is 18.0 Å². The van der Waals surface area contributed by atoms with Crippen LogP contribution in [-0.2, 0) is 0 Å². The lowest BCUT2D eigenvalue weighted by Crippen LogP contribution is -2.06. The molecule has 3 nitrogen and oxygen atoms in total. The van der Waals surface area contributed by atoms with Gasteiger partial charge in [0.1, 0.15) is 6.10 Å². The number of aromatic nitrogens is 2. The van der Waals surface area contributed by atoms with Gasteiger partial charge in [0.15, 0.2) is 0 Å². The fourth-order valence-electron chi connectivity index (χ4n) is 0.568. The van der Waals surface area contributed by atoms with E-state index in [-0.39, 0.29) is 5.56 Å². The van der Waals surface area contributed by atoms with Crippen molar-refractivity contribution in [2.24, 2.45) is 0 Å². The highest BCUT2D eigenvalue weighted by atomic mass is 19.3. The summed E-state index contributed by atoms with van der Waals surface area (Å²) in [5.74, 6) is 0. The third-order valence-electron chi connectivity index (χ3n) is 1.10. The lowest BCUT2D eigenvalue weighted by Gasteiger charge is -2.04. The van der Waals surface area contributed by atoms with Crippen molar-refractivity contribution < 1.29 is 13.9 Å². The molecule has 0 aromatic carbocycles. The van der Waals surface area contributed by atoms with Crippen LogP contribution in [0.4, 0.5) is 8.78 Å². The molecule has 1 unspecified atom stereocenters. The molecule has 0 spiro atoms. The fraction of sp³-hybridized carbons (Fsp3) is 0.400. The molecule has 0 aliphatic carbocycles. The smallest absolute Gasteiger partial charge is 0.268 e. The maximum Gasteiger partial charge on any atom is 0.268 e. The van der Waals surface area contributed by atoms with E-state index in [0.717, 1.165) is 6.20 Å². The van der Waals surface area contributed by atoms with Crippen molar-refractivity contribution in [3.63, 3.8) is 0 Å². The standard InChI is InChI=1S/C5H6F2N2O/c6-5(7)4(10)3-1-8-9-2-3/h1-2,4-5,10H,(H,8,9). The van der Waals surface area contributed by atoms with Crippen LogP contribution < -0.4 is 0 Å². The first-order valence-electron chi connectivity index (χ1n) is 2.66. The second-order valence-corrected chi connectivity index (χ2v) is 1.81. The number of nitrogens with zero attached hydrogens (tertiary/aromatic N) is 1. The Hall–Kier alpha value is -0.970. The van der Waals surface area contributed by atoms with E-state index in [1.54, 1.807) is 0 Å². The van der Waals surface area contributed by atoms with Gasteiger partial charge in [0.05, 0.1) is 6.20 Å². The van der Waals surface area contributed by atoms with Crippen LogP contribution in [0.15, 0.2) is 12.4 Å². The fourth-order valence-corrected chi connectivity index (χ4v) is 0.568. The number of H-pyrrole nitrogens is 1. The van der Waals surface area contributed by atoms with E-state index in [2.05, 4.69) is 10.2 Å². The first-order chi connectivity index (χ1) is 4.72. The maximum absolute atomic E-state index is 11.7. The highest BCUT2D eigenvalue weighted by Gasteiger charge is 2.19. The summed E-state index contributed by atoms with van der Waals surface area (Å²) in [6, 6.07) is 0. The number of aliphatic hydroxyl groups excluding tert-OH is 1. The van der Waals surface area contributed by atoms with Gasteiger partial charge in [-0.1, -0.05) is 0 Å². The quantitative estimate of drug-likeness (QED) is 0.648. The molecule has 0 radical (unpaired) electrons. The number of aromatic amines is 1. The van der Waals surface area contributed by atoms with E-state index in [9.17, 15) is 8.78 Å². The first-order valence-corrected chi connectivity index (χ1v) is 2.66. The molecular weight excluding hydrogens is 142 g/mol. The summed E-state index contributed by atoms with van der Waals surface area (Å²) in [4.78, 5) is 0. The van der Waals surface area contributed by atoms with Crippen LogP contribution in [0, 0.1) is 0 Å². The molecule has 1 atom stereocenters. The number of halogens is 2. The molecule has 1 heterocycles. The van der Waals surface area contributed by atoms with Crippen molar-refractivity contribution in [1.29, 1.82) is 0 Å². The molecular formula is C5H6F2N2O. The largest absolute Gasteiger partial charge is 0.382 e. The van der Waals surface area contributed by atoms with Crippen molar-refractivity contribution in [2.45, 2.75) is 12.5 Å². The van der Waals surface area contributed by atoms with Crippen LogP contribution in [0.3, 0.4) is 0 Å². The zero-order valence-corrected chi connectivity index (χ0v) is 4.96. The van der Waals surface area contributed by atoms with Crippen LogP contribution in [0.5, 0.6) is 0 Å². The van der Waals surface area contributed by atoms with Crippen molar-refractivity contribution in [2.75, 3.05) is 0 Å². The van der Waals surface area contributed by atoms with E-state index in [1.807, 2.05) is 0 Å². The average molecular weight is 148 g/mol. The predicted molar refractivity (Wildman–Crippen MR) is 29.6 cm³/mol. The average Bonchev–Trinajstić information content (AvgIpc) is 2.36. The van der Waals surface area contributed by atoms with E-state index in [4.69, 9.17) is 5.11 Å². The van der Waals surface area contributed by atoms with Crippen LogP contribution in [0.25, 0.3) is 0 Å². The van der Waals surface area contributed by atoms with Crippen LogP contribution in [0.2, 0.25) is 0 Å². The Bertz CT molecular complexity index is 188. The Morgan fingerprint density at radius 2 is 2.30 bits per heavy atom. The van der Waals surface area contributed by atoms with Gasteiger partial charge in [-0.2, -0.15) is 5.10 Å². The summed E-state index contributed by atoms with van der Waals surface area (Å²) in [7, 11) is 0. The number of nitrogens with one attached hydrogen (secondary N) is 1. The number of rotatable bonds is 2. The third kappa shape index (κ3) is 1.30. The topological polar surface area (TPSA) is 48.9 Å². The molecule has 1 rings (SSSR count). The third-order valence-corrected chi connectivity index (χ3v) is 1.10. The Balaban J connectivity index is 2.68. The lowest BCUT2D eigenvalue weighted by atomic mass is 10.2. The minimum absolute atomic E-state index is 0.106. The monoisotopic (exact) mass is 148 g/mol. The molecule has 1 aromatic heterocycles. The van der Waals surface area contributed by atoms with Gasteiger partial charge in [-0.25, -0.2) is 8.78 Å². The zero-order valence-electron chi connectivity index (χ0n) is 4.96. The molecule has 0 amide bonds. The number of hydrogen-bond acceptors (Lipinski definition) is 2. The molecule has 1 aromatic rings. The lowest BCUT2D eigenvalue weighted by molar-refractivity contribution is -0.00576. The number of aliphatic hydroxyl groups is 1. The summed E-state index contributed by atoms with van der Waals surface area (Å²) in [6.07, 6.45) is -2.08. The van der Waals surface area contributed by atoms with Gasteiger partial charge in [0.25, 0.3) is 6.43 Å². The van der Waals surface area contributed by atoms with Gasteiger partial charge in [-0.3, -0.25) is 5.10 Å². The Kier molecular flexibility index (Phi) is 1.96.